The lowest BCUT2D eigenvalue weighted by Crippen LogP contribution is -2.29. The lowest BCUT2D eigenvalue weighted by Gasteiger charge is -2.18. The summed E-state index contributed by atoms with van der Waals surface area (Å²) < 4.78 is 20.9. The molecule has 0 saturated heterocycles. The molecule has 1 aromatic rings. The maximum atomic E-state index is 12.5. The van der Waals surface area contributed by atoms with Crippen molar-refractivity contribution in [3.63, 3.8) is 0 Å². The molecular formula is C18H26O6. The van der Waals surface area contributed by atoms with Gasteiger partial charge in [-0.25, -0.2) is 9.59 Å². The van der Waals surface area contributed by atoms with Crippen molar-refractivity contribution in [1.82, 2.24) is 0 Å². The quantitative estimate of drug-likeness (QED) is 0.611. The molecule has 0 fully saturated rings. The highest BCUT2D eigenvalue weighted by atomic mass is 16.6. The summed E-state index contributed by atoms with van der Waals surface area (Å²) in [5, 5.41) is 0. The van der Waals surface area contributed by atoms with E-state index in [1.807, 2.05) is 20.8 Å². The maximum Gasteiger partial charge on any atom is 0.339 e. The molecular weight excluding hydrogens is 312 g/mol. The van der Waals surface area contributed by atoms with Crippen LogP contribution in [0.4, 0.5) is 0 Å². The Kier molecular flexibility index (Phi) is 9.04. The number of carbonyl (C=O) groups is 2. The number of hydrogen-bond donors (Lipinski definition) is 0. The van der Waals surface area contributed by atoms with E-state index in [0.29, 0.717) is 13.2 Å². The Morgan fingerprint density at radius 2 is 1.58 bits per heavy atom. The zero-order valence-electron chi connectivity index (χ0n) is 14.8. The number of esters is 2. The minimum absolute atomic E-state index is 0.178. The summed E-state index contributed by atoms with van der Waals surface area (Å²) in [6.07, 6.45) is 0.213. The Labute approximate surface area is 143 Å². The minimum Gasteiger partial charge on any atom is -0.465 e. The standard InChI is InChI=1S/C18H26O6/c1-5-13-8-9-15(16(10-13)17(19)21-4)18(20)24-14(11-22-6-2)12-23-7-3/h8-10,14H,5-7,11-12H2,1-4H3. The Bertz CT molecular complexity index is 532. The first-order valence-corrected chi connectivity index (χ1v) is 8.14. The van der Waals surface area contributed by atoms with Crippen LogP contribution in [0.15, 0.2) is 18.2 Å². The van der Waals surface area contributed by atoms with E-state index in [2.05, 4.69) is 0 Å². The Morgan fingerprint density at radius 1 is 0.958 bits per heavy atom. The number of aryl methyl sites for hydroxylation is 1. The summed E-state index contributed by atoms with van der Waals surface area (Å²) in [5.41, 5.74) is 1.32. The van der Waals surface area contributed by atoms with Crippen LogP contribution in [0.5, 0.6) is 0 Å². The van der Waals surface area contributed by atoms with Crippen LogP contribution in [-0.4, -0.2) is 51.6 Å². The molecule has 24 heavy (non-hydrogen) atoms. The third-order valence-corrected chi connectivity index (χ3v) is 3.41. The van der Waals surface area contributed by atoms with Crippen molar-refractivity contribution in [3.8, 4) is 0 Å². The highest BCUT2D eigenvalue weighted by Crippen LogP contribution is 2.16. The maximum absolute atomic E-state index is 12.5. The largest absolute Gasteiger partial charge is 0.465 e. The van der Waals surface area contributed by atoms with Crippen LogP contribution in [0, 0.1) is 0 Å². The molecule has 6 heteroatoms. The zero-order valence-corrected chi connectivity index (χ0v) is 14.8. The molecule has 0 heterocycles. The summed E-state index contributed by atoms with van der Waals surface area (Å²) in [4.78, 5) is 24.4. The second-order valence-corrected chi connectivity index (χ2v) is 5.07. The number of methoxy groups -OCH3 is 1. The normalized spacial score (nSPS) is 10.7. The first-order valence-electron chi connectivity index (χ1n) is 8.14. The van der Waals surface area contributed by atoms with Gasteiger partial charge in [0.25, 0.3) is 0 Å². The average molecular weight is 338 g/mol. The molecule has 0 aliphatic rings. The van der Waals surface area contributed by atoms with Crippen molar-refractivity contribution in [2.45, 2.75) is 33.3 Å². The molecule has 0 radical (unpaired) electrons. The molecule has 0 amide bonds. The molecule has 0 unspecified atom stereocenters. The fraction of sp³-hybridized carbons (Fsp3) is 0.556. The lowest BCUT2D eigenvalue weighted by molar-refractivity contribution is -0.0364. The van der Waals surface area contributed by atoms with Gasteiger partial charge in [0.05, 0.1) is 31.5 Å². The van der Waals surface area contributed by atoms with Crippen LogP contribution >= 0.6 is 0 Å². The molecule has 0 spiro atoms. The van der Waals surface area contributed by atoms with Crippen LogP contribution in [0.2, 0.25) is 0 Å². The molecule has 0 aromatic heterocycles. The van der Waals surface area contributed by atoms with Gasteiger partial charge in [-0.2, -0.15) is 0 Å². The van der Waals surface area contributed by atoms with E-state index in [9.17, 15) is 9.59 Å². The van der Waals surface area contributed by atoms with Gasteiger partial charge in [0.1, 0.15) is 6.10 Å². The summed E-state index contributed by atoms with van der Waals surface area (Å²) >= 11 is 0. The molecule has 0 saturated carbocycles. The lowest BCUT2D eigenvalue weighted by atomic mass is 10.0. The number of hydrogen-bond acceptors (Lipinski definition) is 6. The highest BCUT2D eigenvalue weighted by Gasteiger charge is 2.22. The Balaban J connectivity index is 2.96. The molecule has 0 aliphatic heterocycles. The third-order valence-electron chi connectivity index (χ3n) is 3.41. The van der Waals surface area contributed by atoms with E-state index in [1.54, 1.807) is 18.2 Å². The van der Waals surface area contributed by atoms with Gasteiger partial charge in [-0.05, 0) is 38.0 Å². The zero-order chi connectivity index (χ0) is 17.9. The van der Waals surface area contributed by atoms with Gasteiger partial charge >= 0.3 is 11.9 Å². The minimum atomic E-state index is -0.595. The summed E-state index contributed by atoms with van der Waals surface area (Å²) in [7, 11) is 1.28. The molecule has 0 atom stereocenters. The molecule has 6 nitrogen and oxygen atoms in total. The Morgan fingerprint density at radius 3 is 2.08 bits per heavy atom. The van der Waals surface area contributed by atoms with Crippen LogP contribution in [0.1, 0.15) is 47.1 Å². The molecule has 0 N–H and O–H groups in total. The van der Waals surface area contributed by atoms with Gasteiger partial charge in [-0.15, -0.1) is 0 Å². The van der Waals surface area contributed by atoms with Gasteiger partial charge in [-0.1, -0.05) is 13.0 Å². The predicted octanol–water partition coefficient (Wildman–Crippen LogP) is 2.63. The average Bonchev–Trinajstić information content (AvgIpc) is 2.62. The first kappa shape index (κ1) is 20.1. The number of benzene rings is 1. The monoisotopic (exact) mass is 338 g/mol. The van der Waals surface area contributed by atoms with Crippen LogP contribution < -0.4 is 0 Å². The smallest absolute Gasteiger partial charge is 0.339 e. The van der Waals surface area contributed by atoms with E-state index < -0.39 is 18.0 Å². The van der Waals surface area contributed by atoms with Gasteiger partial charge in [0, 0.05) is 13.2 Å². The summed E-state index contributed by atoms with van der Waals surface area (Å²) in [5.74, 6) is -1.16. The van der Waals surface area contributed by atoms with Crippen molar-refractivity contribution in [2.24, 2.45) is 0 Å². The molecule has 1 rings (SSSR count). The molecule has 0 aliphatic carbocycles. The second-order valence-electron chi connectivity index (χ2n) is 5.07. The van der Waals surface area contributed by atoms with Crippen LogP contribution in [0.3, 0.4) is 0 Å². The fourth-order valence-electron chi connectivity index (χ4n) is 2.10. The topological polar surface area (TPSA) is 71.1 Å². The molecule has 134 valence electrons. The number of carbonyl (C=O) groups excluding carboxylic acids is 2. The van der Waals surface area contributed by atoms with Crippen molar-refractivity contribution in [2.75, 3.05) is 33.5 Å². The summed E-state index contributed by atoms with van der Waals surface area (Å²) in [6, 6.07) is 5.04. The van der Waals surface area contributed by atoms with E-state index in [0.717, 1.165) is 12.0 Å². The third kappa shape index (κ3) is 5.94. The molecule has 1 aromatic carbocycles. The van der Waals surface area contributed by atoms with Crippen molar-refractivity contribution < 1.29 is 28.5 Å². The first-order chi connectivity index (χ1) is 11.6. The van der Waals surface area contributed by atoms with Gasteiger partial charge < -0.3 is 18.9 Å². The fourth-order valence-corrected chi connectivity index (χ4v) is 2.10. The number of ether oxygens (including phenoxy) is 4. The van der Waals surface area contributed by atoms with Crippen LogP contribution in [0.25, 0.3) is 0 Å². The van der Waals surface area contributed by atoms with E-state index in [-0.39, 0.29) is 24.3 Å². The van der Waals surface area contributed by atoms with Gasteiger partial charge in [0.15, 0.2) is 0 Å². The van der Waals surface area contributed by atoms with E-state index in [4.69, 9.17) is 18.9 Å². The van der Waals surface area contributed by atoms with Crippen molar-refractivity contribution >= 4 is 11.9 Å². The van der Waals surface area contributed by atoms with Gasteiger partial charge in [0.2, 0.25) is 0 Å². The number of rotatable bonds is 10. The van der Waals surface area contributed by atoms with Crippen molar-refractivity contribution in [3.05, 3.63) is 34.9 Å². The van der Waals surface area contributed by atoms with E-state index in [1.165, 1.54) is 7.11 Å². The SMILES string of the molecule is CCOCC(COCC)OC(=O)c1ccc(CC)cc1C(=O)OC. The van der Waals surface area contributed by atoms with E-state index >= 15 is 0 Å². The van der Waals surface area contributed by atoms with Crippen LogP contribution in [-0.2, 0) is 25.4 Å². The predicted molar refractivity (Wildman–Crippen MR) is 89.3 cm³/mol. The second kappa shape index (κ2) is 10.8. The molecule has 0 bridgehead atoms. The summed E-state index contributed by atoms with van der Waals surface area (Å²) in [6.45, 7) is 7.19. The highest BCUT2D eigenvalue weighted by molar-refractivity contribution is 6.03. The van der Waals surface area contributed by atoms with Crippen molar-refractivity contribution in [1.29, 1.82) is 0 Å². The Hall–Kier alpha value is -1.92. The van der Waals surface area contributed by atoms with Gasteiger partial charge in [-0.3, -0.25) is 0 Å².